The van der Waals surface area contributed by atoms with Gasteiger partial charge < -0.3 is 10.4 Å². The third kappa shape index (κ3) is 5.33. The molecule has 20 heavy (non-hydrogen) atoms. The number of aliphatic hydroxyl groups excluding tert-OH is 1. The minimum Gasteiger partial charge on any atom is -0.384 e. The lowest BCUT2D eigenvalue weighted by molar-refractivity contribution is 0.0943. The van der Waals surface area contributed by atoms with Crippen molar-refractivity contribution in [3.05, 3.63) is 34.3 Å². The summed E-state index contributed by atoms with van der Waals surface area (Å²) in [6.45, 7) is 1.55. The summed E-state index contributed by atoms with van der Waals surface area (Å²) in [6.07, 6.45) is 1.59. The Balaban J connectivity index is 2.79. The molecule has 0 aromatic heterocycles. The second-order valence-electron chi connectivity index (χ2n) is 4.27. The smallest absolute Gasteiger partial charge is 0.251 e. The second-order valence-corrected chi connectivity index (χ2v) is 6.16. The topological polar surface area (TPSA) is 66.4 Å². The highest BCUT2D eigenvalue weighted by molar-refractivity contribution is 7.84. The van der Waals surface area contributed by atoms with Gasteiger partial charge in [-0.15, -0.1) is 0 Å². The van der Waals surface area contributed by atoms with E-state index in [1.165, 1.54) is 6.07 Å². The zero-order chi connectivity index (χ0) is 15.1. The number of carbonyl (C=O) groups excluding carboxylic acids is 1. The van der Waals surface area contributed by atoms with Gasteiger partial charge in [-0.25, -0.2) is 0 Å². The Labute approximate surface area is 126 Å². The molecule has 6 heteroatoms. The molecule has 1 rings (SSSR count). The number of rotatable bonds is 4. The van der Waals surface area contributed by atoms with Crippen LogP contribution >= 0.6 is 11.6 Å². The van der Waals surface area contributed by atoms with E-state index in [1.54, 1.807) is 25.3 Å². The van der Waals surface area contributed by atoms with Crippen molar-refractivity contribution < 1.29 is 14.1 Å². The molecule has 0 saturated heterocycles. The maximum absolute atomic E-state index is 12.0. The third-order valence-electron chi connectivity index (χ3n) is 2.40. The van der Waals surface area contributed by atoms with Crippen LogP contribution in [0, 0.1) is 11.8 Å². The highest BCUT2D eigenvalue weighted by Crippen LogP contribution is 2.17. The normalized spacial score (nSPS) is 13.0. The summed E-state index contributed by atoms with van der Waals surface area (Å²) >= 11 is 6.02. The number of amides is 1. The molecule has 1 aromatic carbocycles. The average molecular weight is 314 g/mol. The van der Waals surface area contributed by atoms with Gasteiger partial charge in [0.05, 0.1) is 5.02 Å². The van der Waals surface area contributed by atoms with E-state index in [0.717, 1.165) is 0 Å². The van der Waals surface area contributed by atoms with Gasteiger partial charge in [0.2, 0.25) is 0 Å². The molecule has 2 unspecified atom stereocenters. The van der Waals surface area contributed by atoms with Crippen LogP contribution in [0.25, 0.3) is 0 Å². The molecule has 0 aliphatic carbocycles. The fourth-order valence-corrected chi connectivity index (χ4v) is 2.61. The summed E-state index contributed by atoms with van der Waals surface area (Å²) in [5, 5.41) is 11.7. The molecule has 0 radical (unpaired) electrons. The summed E-state index contributed by atoms with van der Waals surface area (Å²) in [6, 6.07) is 4.58. The van der Waals surface area contributed by atoms with Crippen LogP contribution in [0.5, 0.6) is 0 Å². The Kier molecular flexibility index (Phi) is 6.73. The van der Waals surface area contributed by atoms with Gasteiger partial charge in [-0.3, -0.25) is 9.00 Å². The lowest BCUT2D eigenvalue weighted by Gasteiger charge is -2.12. The van der Waals surface area contributed by atoms with Crippen LogP contribution in [-0.4, -0.2) is 39.9 Å². The molecule has 2 atom stereocenters. The van der Waals surface area contributed by atoms with E-state index in [4.69, 9.17) is 16.7 Å². The molecule has 1 aromatic rings. The molecular weight excluding hydrogens is 298 g/mol. The lowest BCUT2D eigenvalue weighted by atomic mass is 10.1. The number of benzene rings is 1. The molecule has 0 aliphatic rings. The van der Waals surface area contributed by atoms with Gasteiger partial charge in [-0.1, -0.05) is 23.4 Å². The Bertz CT molecular complexity index is 578. The summed E-state index contributed by atoms with van der Waals surface area (Å²) < 4.78 is 11.1. The Morgan fingerprint density at radius 3 is 2.80 bits per heavy atom. The standard InChI is InChI=1S/C14H16ClNO3S/c1-10(9-20(2)19)16-14(18)12-6-5-11(4-3-7-17)13(15)8-12/h5-6,8,10,17H,7,9H2,1-2H3,(H,16,18). The van der Waals surface area contributed by atoms with Crippen LogP contribution in [0.4, 0.5) is 0 Å². The fraction of sp³-hybridized carbons (Fsp3) is 0.357. The van der Waals surface area contributed by atoms with Crippen LogP contribution in [0.3, 0.4) is 0 Å². The molecule has 1 amide bonds. The molecule has 0 aliphatic heterocycles. The third-order valence-corrected chi connectivity index (χ3v) is 3.68. The molecule has 0 heterocycles. The first-order chi connectivity index (χ1) is 9.43. The van der Waals surface area contributed by atoms with Crippen molar-refractivity contribution in [2.24, 2.45) is 0 Å². The number of halogens is 1. The maximum atomic E-state index is 12.0. The van der Waals surface area contributed by atoms with Crippen LogP contribution in [0.1, 0.15) is 22.8 Å². The van der Waals surface area contributed by atoms with E-state index in [9.17, 15) is 9.00 Å². The predicted octanol–water partition coefficient (Wildman–Crippen LogP) is 1.18. The quantitative estimate of drug-likeness (QED) is 0.820. The van der Waals surface area contributed by atoms with Crippen molar-refractivity contribution in [1.29, 1.82) is 0 Å². The molecule has 0 saturated carbocycles. The molecule has 108 valence electrons. The molecule has 0 spiro atoms. The van der Waals surface area contributed by atoms with Crippen LogP contribution in [-0.2, 0) is 10.8 Å². The lowest BCUT2D eigenvalue weighted by Crippen LogP contribution is -2.36. The Morgan fingerprint density at radius 2 is 2.25 bits per heavy atom. The number of aliphatic hydroxyl groups is 1. The highest BCUT2D eigenvalue weighted by atomic mass is 35.5. The molecule has 0 fully saturated rings. The van der Waals surface area contributed by atoms with E-state index in [-0.39, 0.29) is 18.6 Å². The molecule has 4 nitrogen and oxygen atoms in total. The molecule has 0 bridgehead atoms. The van der Waals surface area contributed by atoms with Gasteiger partial charge >= 0.3 is 0 Å². The minimum absolute atomic E-state index is 0.180. The van der Waals surface area contributed by atoms with E-state index in [0.29, 0.717) is 21.9 Å². The van der Waals surface area contributed by atoms with Gasteiger partial charge in [0.15, 0.2) is 0 Å². The van der Waals surface area contributed by atoms with E-state index in [2.05, 4.69) is 17.2 Å². The fourth-order valence-electron chi connectivity index (χ4n) is 1.59. The molecular formula is C14H16ClNO3S. The van der Waals surface area contributed by atoms with E-state index >= 15 is 0 Å². The SMILES string of the molecule is CC(CS(C)=O)NC(=O)c1ccc(C#CCO)c(Cl)c1. The van der Waals surface area contributed by atoms with Crippen molar-refractivity contribution in [2.45, 2.75) is 13.0 Å². The van der Waals surface area contributed by atoms with Crippen molar-refractivity contribution in [3.8, 4) is 11.8 Å². The zero-order valence-corrected chi connectivity index (χ0v) is 12.8. The van der Waals surface area contributed by atoms with Crippen molar-refractivity contribution >= 4 is 28.3 Å². The summed E-state index contributed by atoms with van der Waals surface area (Å²) in [7, 11) is -0.963. The number of hydrogen-bond acceptors (Lipinski definition) is 3. The zero-order valence-electron chi connectivity index (χ0n) is 11.3. The largest absolute Gasteiger partial charge is 0.384 e. The van der Waals surface area contributed by atoms with Gasteiger partial charge in [-0.05, 0) is 25.1 Å². The van der Waals surface area contributed by atoms with E-state index in [1.807, 2.05) is 0 Å². The first kappa shape index (κ1) is 16.7. The maximum Gasteiger partial charge on any atom is 0.251 e. The minimum atomic E-state index is -0.963. The van der Waals surface area contributed by atoms with Crippen LogP contribution < -0.4 is 5.32 Å². The Morgan fingerprint density at radius 1 is 1.55 bits per heavy atom. The predicted molar refractivity (Wildman–Crippen MR) is 81.3 cm³/mol. The van der Waals surface area contributed by atoms with Crippen LogP contribution in [0.15, 0.2) is 18.2 Å². The monoisotopic (exact) mass is 313 g/mol. The van der Waals surface area contributed by atoms with Gasteiger partial charge in [0, 0.05) is 40.0 Å². The summed E-state index contributed by atoms with van der Waals surface area (Å²) in [4.78, 5) is 12.0. The van der Waals surface area contributed by atoms with Gasteiger partial charge in [-0.2, -0.15) is 0 Å². The van der Waals surface area contributed by atoms with Crippen LogP contribution in [0.2, 0.25) is 5.02 Å². The van der Waals surface area contributed by atoms with Gasteiger partial charge in [0.25, 0.3) is 5.91 Å². The van der Waals surface area contributed by atoms with Crippen molar-refractivity contribution in [2.75, 3.05) is 18.6 Å². The van der Waals surface area contributed by atoms with E-state index < -0.39 is 10.8 Å². The van der Waals surface area contributed by atoms with Gasteiger partial charge in [0.1, 0.15) is 6.61 Å². The number of carbonyl (C=O) groups is 1. The first-order valence-electron chi connectivity index (χ1n) is 5.94. The Hall–Kier alpha value is -1.35. The summed E-state index contributed by atoms with van der Waals surface area (Å²) in [5.74, 6) is 5.32. The summed E-state index contributed by atoms with van der Waals surface area (Å²) in [5.41, 5.74) is 0.971. The second kappa shape index (κ2) is 8.05. The first-order valence-corrected chi connectivity index (χ1v) is 8.04. The van der Waals surface area contributed by atoms with Crippen molar-refractivity contribution in [1.82, 2.24) is 5.32 Å². The average Bonchev–Trinajstić information content (AvgIpc) is 2.36. The molecule has 2 N–H and O–H groups in total. The number of hydrogen-bond donors (Lipinski definition) is 2. The van der Waals surface area contributed by atoms with Crippen molar-refractivity contribution in [3.63, 3.8) is 0 Å². The highest BCUT2D eigenvalue weighted by Gasteiger charge is 2.12. The number of nitrogens with one attached hydrogen (secondary N) is 1.